The molecule has 2 aromatic heterocycles. The van der Waals surface area contributed by atoms with E-state index < -0.39 is 0 Å². The molecule has 0 unspecified atom stereocenters. The van der Waals surface area contributed by atoms with Crippen molar-refractivity contribution >= 4 is 38.5 Å². The molecule has 6 nitrogen and oxygen atoms in total. The van der Waals surface area contributed by atoms with Gasteiger partial charge in [-0.15, -0.1) is 0 Å². The molecule has 0 spiro atoms. The predicted molar refractivity (Wildman–Crippen MR) is 105 cm³/mol. The molecule has 0 aliphatic heterocycles. The van der Waals surface area contributed by atoms with Crippen LogP contribution in [0.1, 0.15) is 24.1 Å². The fraction of sp³-hybridized carbons (Fsp3) is 0.211. The number of amides is 1. The summed E-state index contributed by atoms with van der Waals surface area (Å²) in [4.78, 5) is 24.7. The number of pyridine rings is 1. The van der Waals surface area contributed by atoms with Gasteiger partial charge in [-0.1, -0.05) is 34.1 Å². The zero-order valence-corrected chi connectivity index (χ0v) is 15.7. The lowest BCUT2D eigenvalue weighted by Gasteiger charge is -2.09. The van der Waals surface area contributed by atoms with Gasteiger partial charge in [-0.05, 0) is 24.1 Å². The Morgan fingerprint density at radius 2 is 2.00 bits per heavy atom. The van der Waals surface area contributed by atoms with E-state index >= 15 is 0 Å². The number of benzene rings is 1. The quantitative estimate of drug-likeness (QED) is 0.367. The Hall–Kier alpha value is -2.67. The third-order valence-corrected chi connectivity index (χ3v) is 4.37. The maximum Gasteiger partial charge on any atom is 0.240 e. The molecule has 1 N–H and O–H groups in total. The highest BCUT2D eigenvalue weighted by atomic mass is 79.9. The molecule has 2 heterocycles. The molecule has 0 fully saturated rings. The monoisotopic (exact) mass is 411 g/mol. The lowest BCUT2D eigenvalue weighted by molar-refractivity contribution is -0.121. The van der Waals surface area contributed by atoms with Gasteiger partial charge < -0.3 is 0 Å². The number of carbonyl (C=O) groups excluding carboxylic acids is 1. The molecule has 1 amide bonds. The van der Waals surface area contributed by atoms with Gasteiger partial charge in [0.25, 0.3) is 0 Å². The number of nitrogens with zero attached hydrogens (tertiary/aromatic N) is 4. The van der Waals surface area contributed by atoms with Crippen LogP contribution in [0.3, 0.4) is 0 Å². The predicted octanol–water partition coefficient (Wildman–Crippen LogP) is 3.26. The zero-order valence-electron chi connectivity index (χ0n) is 14.1. The molecule has 0 aliphatic rings. The van der Waals surface area contributed by atoms with Crippen molar-refractivity contribution in [1.82, 2.24) is 20.4 Å². The largest absolute Gasteiger partial charge is 0.273 e. The molecule has 0 bridgehead atoms. The molecule has 0 saturated heterocycles. The van der Waals surface area contributed by atoms with E-state index in [0.29, 0.717) is 24.2 Å². The number of para-hydroxylation sites is 1. The maximum absolute atomic E-state index is 11.9. The number of hydrogen-bond donors (Lipinski definition) is 1. The Bertz CT molecular complexity index is 909. The van der Waals surface area contributed by atoms with Crippen molar-refractivity contribution in [2.45, 2.75) is 19.3 Å². The minimum Gasteiger partial charge on any atom is -0.273 e. The van der Waals surface area contributed by atoms with Crippen LogP contribution in [0.15, 0.2) is 60.2 Å². The third-order valence-electron chi connectivity index (χ3n) is 3.81. The van der Waals surface area contributed by atoms with Gasteiger partial charge in [-0.2, -0.15) is 5.10 Å². The van der Waals surface area contributed by atoms with Crippen LogP contribution in [-0.2, 0) is 11.2 Å². The summed E-state index contributed by atoms with van der Waals surface area (Å²) in [5, 5.41) is 6.16. The van der Waals surface area contributed by atoms with E-state index in [1.807, 2.05) is 30.3 Å². The summed E-state index contributed by atoms with van der Waals surface area (Å²) in [7, 11) is 0. The number of alkyl halides is 1. The van der Waals surface area contributed by atoms with Crippen LogP contribution in [0.4, 0.5) is 0 Å². The van der Waals surface area contributed by atoms with Gasteiger partial charge in [0.15, 0.2) is 0 Å². The molecule has 0 atom stereocenters. The molecule has 0 saturated carbocycles. The number of fused-ring (bicyclic) bond motifs is 1. The van der Waals surface area contributed by atoms with E-state index in [9.17, 15) is 4.79 Å². The number of hydrazone groups is 1. The van der Waals surface area contributed by atoms with Crippen LogP contribution in [0.2, 0.25) is 0 Å². The fourth-order valence-electron chi connectivity index (χ4n) is 2.54. The zero-order chi connectivity index (χ0) is 18.2. The van der Waals surface area contributed by atoms with Gasteiger partial charge in [0.2, 0.25) is 5.91 Å². The lowest BCUT2D eigenvalue weighted by atomic mass is 10.0. The summed E-state index contributed by atoms with van der Waals surface area (Å²) < 4.78 is 0. The summed E-state index contributed by atoms with van der Waals surface area (Å²) in [6.45, 7) is 0. The Balaban J connectivity index is 1.89. The Kier molecular flexibility index (Phi) is 6.38. The molecular formula is C19H18BrN5O. The van der Waals surface area contributed by atoms with Crippen LogP contribution in [0, 0.1) is 0 Å². The highest BCUT2D eigenvalue weighted by molar-refractivity contribution is 9.09. The number of nitrogens with one attached hydrogen (secondary N) is 1. The van der Waals surface area contributed by atoms with E-state index in [2.05, 4.69) is 41.4 Å². The van der Waals surface area contributed by atoms with Gasteiger partial charge in [0.05, 0.1) is 17.4 Å². The summed E-state index contributed by atoms with van der Waals surface area (Å²) >= 11 is 3.32. The molecule has 26 heavy (non-hydrogen) atoms. The highest BCUT2D eigenvalue weighted by Gasteiger charge is 2.11. The summed E-state index contributed by atoms with van der Waals surface area (Å²) in [5.41, 5.74) is 5.90. The summed E-state index contributed by atoms with van der Waals surface area (Å²) in [6.07, 6.45) is 8.34. The van der Waals surface area contributed by atoms with Crippen LogP contribution in [-0.4, -0.2) is 31.9 Å². The average molecular weight is 412 g/mol. The smallest absolute Gasteiger partial charge is 0.240 e. The van der Waals surface area contributed by atoms with Crippen LogP contribution >= 0.6 is 15.9 Å². The van der Waals surface area contributed by atoms with E-state index in [1.165, 1.54) is 0 Å². The minimum atomic E-state index is -0.120. The topological polar surface area (TPSA) is 80.1 Å². The van der Waals surface area contributed by atoms with E-state index in [0.717, 1.165) is 28.2 Å². The molecule has 0 aliphatic carbocycles. The van der Waals surface area contributed by atoms with Crippen molar-refractivity contribution in [2.75, 3.05) is 5.33 Å². The van der Waals surface area contributed by atoms with Gasteiger partial charge in [-0.3, -0.25) is 19.7 Å². The molecule has 132 valence electrons. The second kappa shape index (κ2) is 9.15. The maximum atomic E-state index is 11.9. The van der Waals surface area contributed by atoms with E-state index in [4.69, 9.17) is 0 Å². The number of aromatic nitrogens is 3. The molecule has 1 aromatic carbocycles. The second-order valence-corrected chi connectivity index (χ2v) is 6.43. The van der Waals surface area contributed by atoms with E-state index in [1.54, 1.807) is 24.8 Å². The SMILES string of the molecule is O=C(CCCBr)NN=C(Cc1ccnc2ccccc12)c1cnccn1. The van der Waals surface area contributed by atoms with Crippen molar-refractivity contribution in [3.8, 4) is 0 Å². The van der Waals surface area contributed by atoms with Gasteiger partial charge in [0, 0.05) is 42.1 Å². The lowest BCUT2D eigenvalue weighted by Crippen LogP contribution is -2.21. The first kappa shape index (κ1) is 18.1. The average Bonchev–Trinajstić information content (AvgIpc) is 2.70. The second-order valence-electron chi connectivity index (χ2n) is 5.64. The number of hydrogen-bond acceptors (Lipinski definition) is 5. The Morgan fingerprint density at radius 3 is 2.81 bits per heavy atom. The van der Waals surface area contributed by atoms with Crippen molar-refractivity contribution in [3.05, 3.63) is 66.4 Å². The molecular weight excluding hydrogens is 394 g/mol. The molecule has 7 heteroatoms. The van der Waals surface area contributed by atoms with Crippen LogP contribution < -0.4 is 5.43 Å². The van der Waals surface area contributed by atoms with Gasteiger partial charge >= 0.3 is 0 Å². The number of halogens is 1. The number of carbonyl (C=O) groups is 1. The fourth-order valence-corrected chi connectivity index (χ4v) is 2.82. The third kappa shape index (κ3) is 4.70. The normalized spacial score (nSPS) is 11.5. The van der Waals surface area contributed by atoms with Gasteiger partial charge in [-0.25, -0.2) is 5.43 Å². The number of rotatable bonds is 7. The Morgan fingerprint density at radius 1 is 1.12 bits per heavy atom. The van der Waals surface area contributed by atoms with Crippen LogP contribution in [0.5, 0.6) is 0 Å². The standard InChI is InChI=1S/C19H18BrN5O/c20-8-3-6-19(26)25-24-17(18-13-21-10-11-23-18)12-14-7-9-22-16-5-2-1-4-15(14)16/h1-2,4-5,7,9-11,13H,3,6,8,12H2,(H,25,26). The first-order valence-corrected chi connectivity index (χ1v) is 9.40. The highest BCUT2D eigenvalue weighted by Crippen LogP contribution is 2.18. The first-order chi connectivity index (χ1) is 12.8. The summed E-state index contributed by atoms with van der Waals surface area (Å²) in [5.74, 6) is -0.120. The molecule has 0 radical (unpaired) electrons. The van der Waals surface area contributed by atoms with Crippen molar-refractivity contribution in [3.63, 3.8) is 0 Å². The van der Waals surface area contributed by atoms with E-state index in [-0.39, 0.29) is 5.91 Å². The van der Waals surface area contributed by atoms with Crippen LogP contribution in [0.25, 0.3) is 10.9 Å². The van der Waals surface area contributed by atoms with Gasteiger partial charge in [0.1, 0.15) is 5.69 Å². The van der Waals surface area contributed by atoms with Crippen molar-refractivity contribution in [1.29, 1.82) is 0 Å². The first-order valence-electron chi connectivity index (χ1n) is 8.28. The minimum absolute atomic E-state index is 0.120. The van der Waals surface area contributed by atoms with Crippen molar-refractivity contribution in [2.24, 2.45) is 5.10 Å². The Labute approximate surface area is 159 Å². The molecule has 3 rings (SSSR count). The summed E-state index contributed by atoms with van der Waals surface area (Å²) in [6, 6.07) is 9.90. The van der Waals surface area contributed by atoms with Crippen molar-refractivity contribution < 1.29 is 4.79 Å². The molecule has 3 aromatic rings.